The predicted octanol–water partition coefficient (Wildman–Crippen LogP) is 4.97. The molecule has 1 atom stereocenters. The van der Waals surface area contributed by atoms with Gasteiger partial charge in [-0.05, 0) is 48.4 Å². The fourth-order valence-electron chi connectivity index (χ4n) is 2.81. The third-order valence-electron chi connectivity index (χ3n) is 4.37. The second-order valence-corrected chi connectivity index (χ2v) is 6.53. The first kappa shape index (κ1) is 20.0. The number of carbonyl (C=O) groups excluding carboxylic acids is 2. The highest BCUT2D eigenvalue weighted by atomic mass is 19.1. The Morgan fingerprint density at radius 3 is 2.28 bits per heavy atom. The van der Waals surface area contributed by atoms with E-state index in [1.807, 2.05) is 37.3 Å². The maximum Gasteiger partial charge on any atom is 0.253 e. The predicted molar refractivity (Wildman–Crippen MR) is 113 cm³/mol. The Bertz CT molecular complexity index is 1010. The summed E-state index contributed by atoms with van der Waals surface area (Å²) in [7, 11) is 0. The zero-order chi connectivity index (χ0) is 20.6. The normalized spacial score (nSPS) is 11.8. The minimum Gasteiger partial charge on any atom is -0.345 e. The van der Waals surface area contributed by atoms with Crippen LogP contribution in [0.4, 0.5) is 10.1 Å². The van der Waals surface area contributed by atoms with E-state index in [-0.39, 0.29) is 23.7 Å². The van der Waals surface area contributed by atoms with Crippen molar-refractivity contribution in [1.29, 1.82) is 0 Å². The SMILES string of the molecule is C[C@@H](NC(=O)c1ccccc1NC(=O)/C=C/c1ccc(F)cc1)c1ccccc1. The Morgan fingerprint density at radius 2 is 1.55 bits per heavy atom. The lowest BCUT2D eigenvalue weighted by Crippen LogP contribution is -2.27. The van der Waals surface area contributed by atoms with Crippen molar-refractivity contribution in [1.82, 2.24) is 5.32 Å². The number of amides is 2. The van der Waals surface area contributed by atoms with Crippen LogP contribution < -0.4 is 10.6 Å². The summed E-state index contributed by atoms with van der Waals surface area (Å²) in [5.41, 5.74) is 2.48. The van der Waals surface area contributed by atoms with Gasteiger partial charge in [0.05, 0.1) is 17.3 Å². The first-order valence-electron chi connectivity index (χ1n) is 9.22. The standard InChI is InChI=1S/C24H21FN2O2/c1-17(19-7-3-2-4-8-19)26-24(29)21-9-5-6-10-22(21)27-23(28)16-13-18-11-14-20(25)15-12-18/h2-17H,1H3,(H,26,29)(H,27,28)/b16-13+/t17-/m1/s1. The van der Waals surface area contributed by atoms with Crippen LogP contribution in [0, 0.1) is 5.82 Å². The van der Waals surface area contributed by atoms with E-state index in [1.165, 1.54) is 18.2 Å². The summed E-state index contributed by atoms with van der Waals surface area (Å²) < 4.78 is 13.0. The maximum absolute atomic E-state index is 13.0. The lowest BCUT2D eigenvalue weighted by atomic mass is 10.1. The summed E-state index contributed by atoms with van der Waals surface area (Å²) in [6, 6.07) is 22.1. The van der Waals surface area contributed by atoms with E-state index in [0.29, 0.717) is 16.8 Å². The average molecular weight is 388 g/mol. The molecule has 0 fully saturated rings. The number of hydrogen-bond donors (Lipinski definition) is 2. The Morgan fingerprint density at radius 1 is 0.897 bits per heavy atom. The van der Waals surface area contributed by atoms with Crippen molar-refractivity contribution >= 4 is 23.6 Å². The molecule has 0 aromatic heterocycles. The highest BCUT2D eigenvalue weighted by Gasteiger charge is 2.15. The molecular formula is C24H21FN2O2. The van der Waals surface area contributed by atoms with Gasteiger partial charge in [0.25, 0.3) is 5.91 Å². The van der Waals surface area contributed by atoms with E-state index in [4.69, 9.17) is 0 Å². The van der Waals surface area contributed by atoms with Crippen LogP contribution >= 0.6 is 0 Å². The number of hydrogen-bond acceptors (Lipinski definition) is 2. The Kier molecular flexibility index (Phi) is 6.53. The van der Waals surface area contributed by atoms with Crippen molar-refractivity contribution in [3.8, 4) is 0 Å². The van der Waals surface area contributed by atoms with E-state index in [0.717, 1.165) is 5.56 Å². The lowest BCUT2D eigenvalue weighted by Gasteiger charge is -2.16. The number of para-hydroxylation sites is 1. The van der Waals surface area contributed by atoms with Crippen molar-refractivity contribution in [3.63, 3.8) is 0 Å². The van der Waals surface area contributed by atoms with Crippen molar-refractivity contribution < 1.29 is 14.0 Å². The molecule has 0 aliphatic heterocycles. The van der Waals surface area contributed by atoms with Crippen LogP contribution in [0.5, 0.6) is 0 Å². The third-order valence-corrected chi connectivity index (χ3v) is 4.37. The Balaban J connectivity index is 1.68. The van der Waals surface area contributed by atoms with E-state index >= 15 is 0 Å². The Hall–Kier alpha value is -3.73. The molecule has 0 spiro atoms. The van der Waals surface area contributed by atoms with Gasteiger partial charge in [0.1, 0.15) is 5.82 Å². The molecule has 4 nitrogen and oxygen atoms in total. The first-order chi connectivity index (χ1) is 14.0. The van der Waals surface area contributed by atoms with E-state index < -0.39 is 0 Å². The first-order valence-corrected chi connectivity index (χ1v) is 9.22. The largest absolute Gasteiger partial charge is 0.345 e. The van der Waals surface area contributed by atoms with E-state index in [2.05, 4.69) is 10.6 Å². The van der Waals surface area contributed by atoms with Crippen LogP contribution in [0.1, 0.15) is 34.5 Å². The van der Waals surface area contributed by atoms with Crippen LogP contribution in [-0.4, -0.2) is 11.8 Å². The molecule has 0 saturated carbocycles. The summed E-state index contributed by atoms with van der Waals surface area (Å²) >= 11 is 0. The molecule has 5 heteroatoms. The maximum atomic E-state index is 13.0. The second kappa shape index (κ2) is 9.46. The van der Waals surface area contributed by atoms with Gasteiger partial charge in [0.15, 0.2) is 0 Å². The van der Waals surface area contributed by atoms with Crippen LogP contribution in [-0.2, 0) is 4.79 Å². The minimum absolute atomic E-state index is 0.175. The van der Waals surface area contributed by atoms with E-state index in [1.54, 1.807) is 42.5 Å². The lowest BCUT2D eigenvalue weighted by molar-refractivity contribution is -0.111. The number of anilines is 1. The molecule has 0 heterocycles. The summed E-state index contributed by atoms with van der Waals surface area (Å²) in [5.74, 6) is -0.998. The van der Waals surface area contributed by atoms with Crippen LogP contribution in [0.25, 0.3) is 6.08 Å². The molecule has 2 amide bonds. The molecule has 0 bridgehead atoms. The highest BCUT2D eigenvalue weighted by Crippen LogP contribution is 2.18. The molecule has 0 saturated heterocycles. The fraction of sp³-hybridized carbons (Fsp3) is 0.0833. The van der Waals surface area contributed by atoms with Gasteiger partial charge in [-0.25, -0.2) is 4.39 Å². The summed E-state index contributed by atoms with van der Waals surface area (Å²) in [4.78, 5) is 25.0. The van der Waals surface area contributed by atoms with E-state index in [9.17, 15) is 14.0 Å². The molecule has 0 aliphatic carbocycles. The average Bonchev–Trinajstić information content (AvgIpc) is 2.74. The molecule has 0 unspecified atom stereocenters. The molecule has 3 aromatic carbocycles. The quantitative estimate of drug-likeness (QED) is 0.586. The number of nitrogens with one attached hydrogen (secondary N) is 2. The topological polar surface area (TPSA) is 58.2 Å². The molecule has 0 aliphatic rings. The van der Waals surface area contributed by atoms with Gasteiger partial charge >= 0.3 is 0 Å². The monoisotopic (exact) mass is 388 g/mol. The van der Waals surface area contributed by atoms with Gasteiger partial charge in [-0.3, -0.25) is 9.59 Å². The molecule has 29 heavy (non-hydrogen) atoms. The fourth-order valence-corrected chi connectivity index (χ4v) is 2.81. The highest BCUT2D eigenvalue weighted by molar-refractivity contribution is 6.07. The molecular weight excluding hydrogens is 367 g/mol. The number of rotatable bonds is 6. The van der Waals surface area contributed by atoms with Gasteiger partial charge in [-0.15, -0.1) is 0 Å². The van der Waals surface area contributed by atoms with Crippen LogP contribution in [0.15, 0.2) is 84.9 Å². The smallest absolute Gasteiger partial charge is 0.253 e. The van der Waals surface area contributed by atoms with Crippen LogP contribution in [0.3, 0.4) is 0 Å². The van der Waals surface area contributed by atoms with Gasteiger partial charge in [0, 0.05) is 6.08 Å². The Labute approximate surface area is 169 Å². The second-order valence-electron chi connectivity index (χ2n) is 6.53. The number of benzene rings is 3. The van der Waals surface area contributed by atoms with Crippen molar-refractivity contribution in [2.75, 3.05) is 5.32 Å². The number of halogens is 1. The van der Waals surface area contributed by atoms with Gasteiger partial charge < -0.3 is 10.6 Å². The minimum atomic E-state index is -0.384. The molecule has 3 aromatic rings. The zero-order valence-electron chi connectivity index (χ0n) is 15.9. The molecule has 3 rings (SSSR count). The number of carbonyl (C=O) groups is 2. The summed E-state index contributed by atoms with van der Waals surface area (Å²) in [6.07, 6.45) is 2.92. The van der Waals surface area contributed by atoms with Crippen molar-refractivity contribution in [2.45, 2.75) is 13.0 Å². The van der Waals surface area contributed by atoms with Crippen LogP contribution in [0.2, 0.25) is 0 Å². The molecule has 0 radical (unpaired) electrons. The molecule has 146 valence electrons. The summed E-state index contributed by atoms with van der Waals surface area (Å²) in [5, 5.41) is 5.67. The van der Waals surface area contributed by atoms with Crippen molar-refractivity contribution in [2.24, 2.45) is 0 Å². The zero-order valence-corrected chi connectivity index (χ0v) is 15.9. The van der Waals surface area contributed by atoms with Gasteiger partial charge in [-0.2, -0.15) is 0 Å². The van der Waals surface area contributed by atoms with Gasteiger partial charge in [-0.1, -0.05) is 54.6 Å². The van der Waals surface area contributed by atoms with Crippen molar-refractivity contribution in [3.05, 3.63) is 107 Å². The molecule has 2 N–H and O–H groups in total. The van der Waals surface area contributed by atoms with Gasteiger partial charge in [0.2, 0.25) is 5.91 Å². The third kappa shape index (κ3) is 5.62. The summed E-state index contributed by atoms with van der Waals surface area (Å²) in [6.45, 7) is 1.90.